The third kappa shape index (κ3) is 1.44. The van der Waals surface area contributed by atoms with E-state index in [9.17, 15) is 0 Å². The van der Waals surface area contributed by atoms with Crippen LogP contribution in [-0.4, -0.2) is 0 Å². The summed E-state index contributed by atoms with van der Waals surface area (Å²) >= 11 is 3.74. The Balaban J connectivity index is 2.24. The largest absolute Gasteiger partial charge is 0.0616 e. The lowest BCUT2D eigenvalue weighted by Crippen LogP contribution is -1.86. The van der Waals surface area contributed by atoms with E-state index in [1.165, 1.54) is 47.6 Å². The van der Waals surface area contributed by atoms with Crippen LogP contribution in [0.4, 0.5) is 0 Å². The Bertz CT molecular complexity index is 1140. The maximum Gasteiger partial charge on any atom is 0.0260 e. The van der Waals surface area contributed by atoms with E-state index in [4.69, 9.17) is 0 Å². The summed E-state index contributed by atoms with van der Waals surface area (Å²) in [6.07, 6.45) is 0. The van der Waals surface area contributed by atoms with Crippen molar-refractivity contribution >= 4 is 59.0 Å². The maximum atomic E-state index is 3.74. The summed E-state index contributed by atoms with van der Waals surface area (Å²) in [4.78, 5) is 0. The number of hydrogen-bond donors (Lipinski definition) is 0. The van der Waals surface area contributed by atoms with Crippen LogP contribution in [0.1, 0.15) is 0 Å². The van der Waals surface area contributed by atoms with E-state index in [0.717, 1.165) is 0 Å². The molecule has 0 aliphatic heterocycles. The molecule has 0 nitrogen and oxygen atoms in total. The molecule has 0 spiro atoms. The van der Waals surface area contributed by atoms with Crippen LogP contribution in [0.25, 0.3) is 43.1 Å². The average Bonchev–Trinajstić information content (AvgIpc) is 2.53. The highest BCUT2D eigenvalue weighted by atomic mass is 79.9. The van der Waals surface area contributed by atoms with Crippen LogP contribution < -0.4 is 0 Å². The molecule has 5 rings (SSSR count). The molecule has 0 radical (unpaired) electrons. The fraction of sp³-hybridized carbons (Fsp3) is 0. The van der Waals surface area contributed by atoms with Crippen molar-refractivity contribution < 1.29 is 0 Å². The molecule has 0 saturated carbocycles. The summed E-state index contributed by atoms with van der Waals surface area (Å²) < 4.78 is 1.17. The molecule has 0 fully saturated rings. The van der Waals surface area contributed by atoms with E-state index in [0.29, 0.717) is 0 Å². The van der Waals surface area contributed by atoms with Crippen molar-refractivity contribution in [3.8, 4) is 0 Å². The van der Waals surface area contributed by atoms with E-state index in [1.54, 1.807) is 0 Å². The van der Waals surface area contributed by atoms with Crippen LogP contribution in [0.2, 0.25) is 0 Å². The van der Waals surface area contributed by atoms with Gasteiger partial charge in [0.2, 0.25) is 0 Å². The molecule has 0 unspecified atom stereocenters. The Hall–Kier alpha value is -2.12. The summed E-state index contributed by atoms with van der Waals surface area (Å²) in [5.74, 6) is 0. The van der Waals surface area contributed by atoms with Gasteiger partial charge in [0.05, 0.1) is 0 Å². The smallest absolute Gasteiger partial charge is 0.0260 e. The van der Waals surface area contributed by atoms with Gasteiger partial charge in [-0.2, -0.15) is 0 Å². The summed E-state index contributed by atoms with van der Waals surface area (Å²) in [5, 5.41) is 10.6. The first-order valence-electron chi connectivity index (χ1n) is 7.08. The maximum absolute atomic E-state index is 3.74. The van der Waals surface area contributed by atoms with Crippen LogP contribution in [-0.2, 0) is 0 Å². The van der Waals surface area contributed by atoms with E-state index < -0.39 is 0 Å². The molecule has 0 aromatic heterocycles. The fourth-order valence-electron chi connectivity index (χ4n) is 3.54. The predicted molar refractivity (Wildman–Crippen MR) is 95.4 cm³/mol. The van der Waals surface area contributed by atoms with Crippen molar-refractivity contribution in [3.63, 3.8) is 0 Å². The Morgan fingerprint density at radius 1 is 0.524 bits per heavy atom. The Morgan fingerprint density at radius 3 is 2.24 bits per heavy atom. The highest BCUT2D eigenvalue weighted by Crippen LogP contribution is 2.41. The first-order chi connectivity index (χ1) is 10.3. The summed E-state index contributed by atoms with van der Waals surface area (Å²) in [5.41, 5.74) is 0. The van der Waals surface area contributed by atoms with Crippen LogP contribution in [0.5, 0.6) is 0 Å². The number of halogens is 1. The molecule has 0 amide bonds. The fourth-order valence-corrected chi connectivity index (χ4v) is 4.12. The lowest BCUT2D eigenvalue weighted by atomic mass is 9.91. The van der Waals surface area contributed by atoms with Gasteiger partial charge < -0.3 is 0 Å². The zero-order chi connectivity index (χ0) is 14.0. The Morgan fingerprint density at radius 2 is 1.29 bits per heavy atom. The summed E-state index contributed by atoms with van der Waals surface area (Å²) in [7, 11) is 0. The molecule has 0 N–H and O–H groups in total. The van der Waals surface area contributed by atoms with Gasteiger partial charge in [-0.25, -0.2) is 0 Å². The number of benzene rings is 5. The second kappa shape index (κ2) is 3.96. The van der Waals surface area contributed by atoms with Crippen LogP contribution >= 0.6 is 15.9 Å². The SMILES string of the molecule is Brc1cc2cc3ccccc3c3ccc4cccc1c4c23. The Kier molecular flexibility index (Phi) is 2.17. The zero-order valence-corrected chi connectivity index (χ0v) is 12.8. The lowest BCUT2D eigenvalue weighted by molar-refractivity contribution is 1.76. The molecule has 0 aliphatic rings. The Labute approximate surface area is 130 Å². The van der Waals surface area contributed by atoms with Crippen molar-refractivity contribution in [1.82, 2.24) is 0 Å². The van der Waals surface area contributed by atoms with Gasteiger partial charge in [0.1, 0.15) is 0 Å². The highest BCUT2D eigenvalue weighted by Gasteiger charge is 2.12. The quantitative estimate of drug-likeness (QED) is 0.224. The molecule has 21 heavy (non-hydrogen) atoms. The number of hydrogen-bond acceptors (Lipinski definition) is 0. The lowest BCUT2D eigenvalue weighted by Gasteiger charge is -2.14. The van der Waals surface area contributed by atoms with Gasteiger partial charge in [-0.3, -0.25) is 0 Å². The second-order valence-electron chi connectivity index (χ2n) is 5.57. The van der Waals surface area contributed by atoms with Crippen molar-refractivity contribution in [2.75, 3.05) is 0 Å². The minimum atomic E-state index is 1.17. The van der Waals surface area contributed by atoms with Crippen LogP contribution in [0, 0.1) is 0 Å². The van der Waals surface area contributed by atoms with E-state index in [2.05, 4.69) is 82.7 Å². The normalized spacial score (nSPS) is 12.0. The van der Waals surface area contributed by atoms with Gasteiger partial charge in [-0.15, -0.1) is 0 Å². The monoisotopic (exact) mass is 330 g/mol. The minimum absolute atomic E-state index is 1.17. The topological polar surface area (TPSA) is 0 Å². The number of rotatable bonds is 0. The van der Waals surface area contributed by atoms with Gasteiger partial charge in [-0.05, 0) is 55.2 Å². The molecule has 0 heterocycles. The second-order valence-corrected chi connectivity index (χ2v) is 6.43. The first kappa shape index (κ1) is 11.5. The van der Waals surface area contributed by atoms with Gasteiger partial charge in [0.15, 0.2) is 0 Å². The molecular weight excluding hydrogens is 320 g/mol. The number of fused-ring (bicyclic) bond motifs is 2. The van der Waals surface area contributed by atoms with Crippen LogP contribution in [0.15, 0.2) is 71.2 Å². The predicted octanol–water partition coefficient (Wildman–Crippen LogP) is 6.50. The van der Waals surface area contributed by atoms with Crippen molar-refractivity contribution in [2.24, 2.45) is 0 Å². The third-order valence-corrected chi connectivity index (χ3v) is 5.09. The van der Waals surface area contributed by atoms with Gasteiger partial charge in [-0.1, -0.05) is 70.5 Å². The molecule has 0 saturated heterocycles. The summed E-state index contributed by atoms with van der Waals surface area (Å²) in [6.45, 7) is 0. The molecule has 0 atom stereocenters. The highest BCUT2D eigenvalue weighted by molar-refractivity contribution is 9.10. The molecule has 98 valence electrons. The van der Waals surface area contributed by atoms with Crippen molar-refractivity contribution in [1.29, 1.82) is 0 Å². The minimum Gasteiger partial charge on any atom is -0.0616 e. The average molecular weight is 331 g/mol. The van der Waals surface area contributed by atoms with E-state index >= 15 is 0 Å². The van der Waals surface area contributed by atoms with E-state index in [1.807, 2.05) is 0 Å². The van der Waals surface area contributed by atoms with Crippen LogP contribution in [0.3, 0.4) is 0 Å². The zero-order valence-electron chi connectivity index (χ0n) is 11.2. The molecule has 1 heteroatoms. The van der Waals surface area contributed by atoms with Crippen molar-refractivity contribution in [3.05, 3.63) is 71.2 Å². The standard InChI is InChI=1S/C20H11Br/c21-18-11-14-10-13-4-1-2-6-15(13)16-9-8-12-5-3-7-17(18)19(12)20(14)16/h1-11H. The molecule has 5 aromatic rings. The van der Waals surface area contributed by atoms with Crippen molar-refractivity contribution in [2.45, 2.75) is 0 Å². The summed E-state index contributed by atoms with van der Waals surface area (Å²) in [6, 6.07) is 24.2. The van der Waals surface area contributed by atoms with E-state index in [-0.39, 0.29) is 0 Å². The van der Waals surface area contributed by atoms with Gasteiger partial charge in [0.25, 0.3) is 0 Å². The first-order valence-corrected chi connectivity index (χ1v) is 7.87. The van der Waals surface area contributed by atoms with Gasteiger partial charge in [0, 0.05) is 4.47 Å². The molecule has 0 aliphatic carbocycles. The molecule has 5 aromatic carbocycles. The molecular formula is C20H11Br. The molecule has 0 bridgehead atoms. The third-order valence-electron chi connectivity index (χ3n) is 4.44. The van der Waals surface area contributed by atoms with Gasteiger partial charge >= 0.3 is 0 Å².